The molecule has 0 spiro atoms. The van der Waals surface area contributed by atoms with Gasteiger partial charge in [0.05, 0.1) is 0 Å². The first-order valence-electron chi connectivity index (χ1n) is 11.1. The number of nitrogens with zero attached hydrogens (tertiary/aromatic N) is 4. The first kappa shape index (κ1) is 20.7. The number of nitrogens with one attached hydrogen (secondary N) is 1. The Balaban J connectivity index is 1.39. The molecule has 3 fully saturated rings. The summed E-state index contributed by atoms with van der Waals surface area (Å²) >= 11 is 1.80. The molecule has 6 nitrogen and oxygen atoms in total. The van der Waals surface area contributed by atoms with E-state index in [0.29, 0.717) is 0 Å². The maximum absolute atomic E-state index is 12.1. The van der Waals surface area contributed by atoms with Crippen LogP contribution in [0.2, 0.25) is 0 Å². The molecule has 3 aliphatic rings. The van der Waals surface area contributed by atoms with Gasteiger partial charge in [0.15, 0.2) is 5.96 Å². The number of likely N-dealkylation sites (N-methyl/N-ethyl adjacent to an activating group) is 1. The maximum atomic E-state index is 12.1. The second kappa shape index (κ2) is 9.47. The normalized spacial score (nSPS) is 25.6. The fourth-order valence-electron chi connectivity index (χ4n) is 4.80. The van der Waals surface area contributed by atoms with Crippen LogP contribution in [0, 0.1) is 5.92 Å². The second-order valence-corrected chi connectivity index (χ2v) is 9.89. The molecule has 3 heterocycles. The molecule has 29 heavy (non-hydrogen) atoms. The molecule has 4 rings (SSSR count). The van der Waals surface area contributed by atoms with Crippen LogP contribution in [0.5, 0.6) is 0 Å². The summed E-state index contributed by atoms with van der Waals surface area (Å²) < 4.78 is 0. The lowest BCUT2D eigenvalue weighted by Crippen LogP contribution is -2.57. The third-order valence-corrected chi connectivity index (χ3v) is 7.46. The van der Waals surface area contributed by atoms with Crippen LogP contribution in [0.1, 0.15) is 37.0 Å². The molecule has 2 saturated heterocycles. The number of thiophene rings is 1. The molecule has 1 aromatic rings. The molecule has 0 bridgehead atoms. The number of carbonyl (C=O) groups excluding carboxylic acids is 1. The van der Waals surface area contributed by atoms with Gasteiger partial charge in [-0.3, -0.25) is 9.69 Å². The minimum absolute atomic E-state index is 0.0509. The number of fused-ring (bicyclic) bond motifs is 1. The van der Waals surface area contributed by atoms with Gasteiger partial charge in [0, 0.05) is 50.7 Å². The summed E-state index contributed by atoms with van der Waals surface area (Å²) in [5.74, 6) is 1.70. The number of aliphatic imine (C=N–C) groups is 1. The summed E-state index contributed by atoms with van der Waals surface area (Å²) in [6.07, 6.45) is 7.65. The van der Waals surface area contributed by atoms with Gasteiger partial charge in [0.1, 0.15) is 6.54 Å². The monoisotopic (exact) mass is 417 g/mol. The van der Waals surface area contributed by atoms with E-state index in [2.05, 4.69) is 32.6 Å². The molecule has 0 aromatic carbocycles. The smallest absolute Gasteiger partial charge is 0.243 e. The highest BCUT2D eigenvalue weighted by Crippen LogP contribution is 2.38. The highest BCUT2D eigenvalue weighted by atomic mass is 32.1. The number of rotatable bonds is 6. The van der Waals surface area contributed by atoms with Crippen molar-refractivity contribution in [1.82, 2.24) is 20.0 Å². The van der Waals surface area contributed by atoms with Crippen molar-refractivity contribution < 1.29 is 4.79 Å². The van der Waals surface area contributed by atoms with Crippen LogP contribution < -0.4 is 5.32 Å². The molecule has 160 valence electrons. The average Bonchev–Trinajstić information content (AvgIpc) is 3.45. The fraction of sp³-hybridized carbons (Fsp3) is 0.727. The number of guanidine groups is 1. The standard InChI is InChI=1S/C22H35N5OS/c1-25(2)21(28)15-24-22(23-11-9-19-6-4-14-29-19)26-13-10-20-17(16-26)5-3-12-27(20)18-7-8-18/h4,6,14,17-18,20H,3,5,7-13,15-16H2,1-2H3,(H,23,24). The molecule has 0 radical (unpaired) electrons. The fourth-order valence-corrected chi connectivity index (χ4v) is 5.51. The van der Waals surface area contributed by atoms with E-state index in [4.69, 9.17) is 4.99 Å². The lowest BCUT2D eigenvalue weighted by molar-refractivity contribution is -0.127. The molecular formula is C22H35N5OS. The minimum atomic E-state index is 0.0509. The van der Waals surface area contributed by atoms with Gasteiger partial charge in [0.25, 0.3) is 0 Å². The van der Waals surface area contributed by atoms with Crippen LogP contribution >= 0.6 is 11.3 Å². The van der Waals surface area contributed by atoms with E-state index in [-0.39, 0.29) is 12.5 Å². The number of hydrogen-bond acceptors (Lipinski definition) is 4. The van der Waals surface area contributed by atoms with Gasteiger partial charge in [-0.05, 0) is 62.4 Å². The van der Waals surface area contributed by atoms with Gasteiger partial charge in [-0.15, -0.1) is 11.3 Å². The Morgan fingerprint density at radius 3 is 2.86 bits per heavy atom. The lowest BCUT2D eigenvalue weighted by Gasteiger charge is -2.48. The Morgan fingerprint density at radius 1 is 1.28 bits per heavy atom. The summed E-state index contributed by atoms with van der Waals surface area (Å²) in [6, 6.07) is 5.90. The Labute approximate surface area is 179 Å². The van der Waals surface area contributed by atoms with E-state index in [1.54, 1.807) is 30.3 Å². The number of amides is 1. The van der Waals surface area contributed by atoms with Crippen LogP contribution in [0.3, 0.4) is 0 Å². The summed E-state index contributed by atoms with van der Waals surface area (Å²) in [4.78, 5) is 25.1. The predicted octanol–water partition coefficient (Wildman–Crippen LogP) is 2.27. The van der Waals surface area contributed by atoms with Gasteiger partial charge in [-0.1, -0.05) is 6.07 Å². The zero-order valence-electron chi connectivity index (χ0n) is 17.8. The number of piperidine rings is 2. The van der Waals surface area contributed by atoms with E-state index in [1.165, 1.54) is 43.5 Å². The lowest BCUT2D eigenvalue weighted by atomic mass is 9.83. The van der Waals surface area contributed by atoms with E-state index in [1.807, 2.05) is 0 Å². The highest BCUT2D eigenvalue weighted by Gasteiger charge is 2.42. The van der Waals surface area contributed by atoms with Gasteiger partial charge in [-0.25, -0.2) is 4.99 Å². The van der Waals surface area contributed by atoms with Crippen LogP contribution in [0.25, 0.3) is 0 Å². The summed E-state index contributed by atoms with van der Waals surface area (Å²) in [5.41, 5.74) is 0. The summed E-state index contributed by atoms with van der Waals surface area (Å²) in [5, 5.41) is 5.69. The van der Waals surface area contributed by atoms with E-state index < -0.39 is 0 Å². The third-order valence-electron chi connectivity index (χ3n) is 6.52. The van der Waals surface area contributed by atoms with Crippen LogP contribution in [0.4, 0.5) is 0 Å². The summed E-state index contributed by atoms with van der Waals surface area (Å²) in [6.45, 7) is 4.46. The molecule has 2 aliphatic heterocycles. The first-order chi connectivity index (χ1) is 14.1. The van der Waals surface area contributed by atoms with Gasteiger partial charge in [-0.2, -0.15) is 0 Å². The second-order valence-electron chi connectivity index (χ2n) is 8.86. The van der Waals surface area contributed by atoms with Gasteiger partial charge >= 0.3 is 0 Å². The van der Waals surface area contributed by atoms with Crippen LogP contribution in [0.15, 0.2) is 22.5 Å². The summed E-state index contributed by atoms with van der Waals surface area (Å²) in [7, 11) is 3.59. The van der Waals surface area contributed by atoms with E-state index >= 15 is 0 Å². The predicted molar refractivity (Wildman–Crippen MR) is 119 cm³/mol. The van der Waals surface area contributed by atoms with E-state index in [0.717, 1.165) is 50.0 Å². The van der Waals surface area contributed by atoms with Gasteiger partial charge < -0.3 is 15.1 Å². The Bertz CT molecular complexity index is 700. The Kier molecular flexibility index (Phi) is 6.75. The van der Waals surface area contributed by atoms with Crippen molar-refractivity contribution in [2.45, 2.75) is 50.6 Å². The van der Waals surface area contributed by atoms with Gasteiger partial charge in [0.2, 0.25) is 5.91 Å². The molecule has 1 N–H and O–H groups in total. The van der Waals surface area contributed by atoms with E-state index in [9.17, 15) is 4.79 Å². The van der Waals surface area contributed by atoms with Crippen LogP contribution in [-0.2, 0) is 11.2 Å². The van der Waals surface area contributed by atoms with Crippen molar-refractivity contribution in [3.8, 4) is 0 Å². The van der Waals surface area contributed by atoms with Crippen molar-refractivity contribution in [3.05, 3.63) is 22.4 Å². The number of hydrogen-bond donors (Lipinski definition) is 1. The zero-order chi connectivity index (χ0) is 20.2. The quantitative estimate of drug-likeness (QED) is 0.570. The molecule has 2 unspecified atom stereocenters. The average molecular weight is 418 g/mol. The topological polar surface area (TPSA) is 51.2 Å². The van der Waals surface area contributed by atoms with Crippen molar-refractivity contribution in [1.29, 1.82) is 0 Å². The number of carbonyl (C=O) groups is 1. The molecule has 2 atom stereocenters. The largest absolute Gasteiger partial charge is 0.356 e. The van der Waals surface area contributed by atoms with Crippen molar-refractivity contribution in [2.24, 2.45) is 10.9 Å². The SMILES string of the molecule is CN(C)C(=O)CN=C(NCCc1cccs1)N1CCC2C(CCCN2C2CC2)C1. The first-order valence-corrected chi connectivity index (χ1v) is 12.0. The molecule has 7 heteroatoms. The van der Waals surface area contributed by atoms with Crippen LogP contribution in [-0.4, -0.2) is 85.5 Å². The molecule has 1 aromatic heterocycles. The molecule has 1 amide bonds. The Morgan fingerprint density at radius 2 is 2.14 bits per heavy atom. The van der Waals surface area contributed by atoms with Crippen molar-refractivity contribution in [3.63, 3.8) is 0 Å². The minimum Gasteiger partial charge on any atom is -0.356 e. The molecule has 1 aliphatic carbocycles. The van der Waals surface area contributed by atoms with Crippen molar-refractivity contribution in [2.75, 3.05) is 46.8 Å². The highest BCUT2D eigenvalue weighted by molar-refractivity contribution is 7.09. The third kappa shape index (κ3) is 5.31. The molecular weight excluding hydrogens is 382 g/mol. The molecule has 1 saturated carbocycles. The Hall–Kier alpha value is -1.60. The maximum Gasteiger partial charge on any atom is 0.243 e. The van der Waals surface area contributed by atoms with Crippen molar-refractivity contribution >= 4 is 23.2 Å². The number of likely N-dealkylation sites (tertiary alicyclic amines) is 2. The zero-order valence-corrected chi connectivity index (χ0v) is 18.7.